The van der Waals surface area contributed by atoms with Crippen LogP contribution in [0.3, 0.4) is 0 Å². The van der Waals surface area contributed by atoms with E-state index in [-0.39, 0.29) is 0 Å². The van der Waals surface area contributed by atoms with Gasteiger partial charge in [-0.1, -0.05) is 76.6 Å². The van der Waals surface area contributed by atoms with E-state index in [1.54, 1.807) is 11.1 Å². The maximum atomic E-state index is 2.60. The smallest absolute Gasteiger partial charge is 0.0248 e. The Kier molecular flexibility index (Phi) is 5.59. The van der Waals surface area contributed by atoms with E-state index in [0.717, 1.165) is 47.3 Å². The van der Waals surface area contributed by atoms with Gasteiger partial charge in [-0.25, -0.2) is 0 Å². The van der Waals surface area contributed by atoms with Gasteiger partial charge in [0.1, 0.15) is 0 Å². The van der Waals surface area contributed by atoms with Gasteiger partial charge < -0.3 is 0 Å². The lowest BCUT2D eigenvalue weighted by Crippen LogP contribution is -2.19. The quantitative estimate of drug-likeness (QED) is 0.503. The average Bonchev–Trinajstić information content (AvgIpc) is 3.20. The fourth-order valence-corrected chi connectivity index (χ4v) is 8.38. The number of rotatable bonds is 4. The fourth-order valence-electron chi connectivity index (χ4n) is 8.38. The molecule has 0 aromatic heterocycles. The third kappa shape index (κ3) is 3.70. The van der Waals surface area contributed by atoms with Crippen molar-refractivity contribution in [2.75, 3.05) is 0 Å². The second-order valence-corrected chi connectivity index (χ2v) is 11.4. The molecule has 4 saturated carbocycles. The van der Waals surface area contributed by atoms with E-state index in [9.17, 15) is 0 Å². The Balaban J connectivity index is 1.23. The zero-order valence-corrected chi connectivity index (χ0v) is 18.4. The molecule has 0 saturated heterocycles. The van der Waals surface area contributed by atoms with Crippen molar-refractivity contribution in [2.24, 2.45) is 47.3 Å². The van der Waals surface area contributed by atoms with Crippen LogP contribution in [0.15, 0.2) is 24.3 Å². The Bertz CT molecular complexity index is 607. The molecule has 4 fully saturated rings. The largest absolute Gasteiger partial charge is 0.0620 e. The molecule has 0 aliphatic heterocycles. The molecule has 0 N–H and O–H groups in total. The number of hydrogen-bond donors (Lipinski definition) is 0. The van der Waals surface area contributed by atoms with E-state index in [1.807, 2.05) is 0 Å². The van der Waals surface area contributed by atoms with Crippen LogP contribution in [-0.4, -0.2) is 0 Å². The van der Waals surface area contributed by atoms with E-state index in [4.69, 9.17) is 0 Å². The van der Waals surface area contributed by atoms with Crippen LogP contribution in [0.1, 0.15) is 89.2 Å². The predicted molar refractivity (Wildman–Crippen MR) is 119 cm³/mol. The molecule has 0 nitrogen and oxygen atoms in total. The minimum absolute atomic E-state index is 0.941. The Hall–Kier alpha value is -0.780. The zero-order chi connectivity index (χ0) is 19.1. The molecule has 0 heteroatoms. The second-order valence-electron chi connectivity index (χ2n) is 11.4. The van der Waals surface area contributed by atoms with Gasteiger partial charge in [0, 0.05) is 0 Å². The predicted octanol–water partition coefficient (Wildman–Crippen LogP) is 7.70. The summed E-state index contributed by atoms with van der Waals surface area (Å²) in [6, 6.07) is 9.82. The first-order valence-electron chi connectivity index (χ1n) is 12.8. The van der Waals surface area contributed by atoms with E-state index < -0.39 is 0 Å². The van der Waals surface area contributed by atoms with Gasteiger partial charge in [-0.3, -0.25) is 0 Å². The number of benzene rings is 1. The first kappa shape index (κ1) is 19.2. The highest BCUT2D eigenvalue weighted by Gasteiger charge is 2.42. The Morgan fingerprint density at radius 3 is 1.61 bits per heavy atom. The first-order valence-corrected chi connectivity index (χ1v) is 12.8. The van der Waals surface area contributed by atoms with Gasteiger partial charge in [-0.15, -0.1) is 0 Å². The molecule has 8 unspecified atom stereocenters. The SMILES string of the molecule is CC1C(Cc2cccc(CC3CC4CCCCC4C3C)c2)CC2CCCCC21. The summed E-state index contributed by atoms with van der Waals surface area (Å²) in [4.78, 5) is 0. The summed E-state index contributed by atoms with van der Waals surface area (Å²) in [5, 5.41) is 0. The molecule has 0 heterocycles. The van der Waals surface area contributed by atoms with Crippen LogP contribution >= 0.6 is 0 Å². The van der Waals surface area contributed by atoms with Gasteiger partial charge in [0.05, 0.1) is 0 Å². The average molecular weight is 379 g/mol. The van der Waals surface area contributed by atoms with Crippen molar-refractivity contribution in [1.29, 1.82) is 0 Å². The van der Waals surface area contributed by atoms with Gasteiger partial charge in [0.15, 0.2) is 0 Å². The molecule has 4 aliphatic carbocycles. The van der Waals surface area contributed by atoms with E-state index in [2.05, 4.69) is 38.1 Å². The lowest BCUT2D eigenvalue weighted by molar-refractivity contribution is 0.230. The van der Waals surface area contributed by atoms with Crippen molar-refractivity contribution in [3.05, 3.63) is 35.4 Å². The minimum atomic E-state index is 0.941. The van der Waals surface area contributed by atoms with Crippen molar-refractivity contribution >= 4 is 0 Å². The molecular formula is C28H42. The molecule has 4 aliphatic rings. The lowest BCUT2D eigenvalue weighted by atomic mass is 9.78. The molecule has 1 aromatic carbocycles. The maximum Gasteiger partial charge on any atom is -0.0248 e. The number of fused-ring (bicyclic) bond motifs is 2. The summed E-state index contributed by atoms with van der Waals surface area (Å²) in [5.41, 5.74) is 3.27. The Labute approximate surface area is 173 Å². The van der Waals surface area contributed by atoms with Crippen molar-refractivity contribution in [3.8, 4) is 0 Å². The highest BCUT2D eigenvalue weighted by atomic mass is 14.5. The Morgan fingerprint density at radius 1 is 0.679 bits per heavy atom. The van der Waals surface area contributed by atoms with Gasteiger partial charge in [0.25, 0.3) is 0 Å². The normalized spacial score (nSPS) is 42.9. The summed E-state index contributed by atoms with van der Waals surface area (Å²) < 4.78 is 0. The van der Waals surface area contributed by atoms with Crippen LogP contribution in [0, 0.1) is 47.3 Å². The van der Waals surface area contributed by atoms with E-state index in [1.165, 1.54) is 77.0 Å². The second kappa shape index (κ2) is 8.16. The summed E-state index contributed by atoms with van der Waals surface area (Å²) in [6.45, 7) is 5.15. The van der Waals surface area contributed by atoms with Crippen LogP contribution < -0.4 is 0 Å². The topological polar surface area (TPSA) is 0 Å². The maximum absolute atomic E-state index is 2.60. The van der Waals surface area contributed by atoms with Crippen molar-refractivity contribution < 1.29 is 0 Å². The van der Waals surface area contributed by atoms with Gasteiger partial charge in [-0.05, 0) is 97.0 Å². The minimum Gasteiger partial charge on any atom is -0.0620 e. The van der Waals surface area contributed by atoms with Crippen LogP contribution in [0.25, 0.3) is 0 Å². The van der Waals surface area contributed by atoms with Crippen LogP contribution in [0.5, 0.6) is 0 Å². The van der Waals surface area contributed by atoms with Crippen molar-refractivity contribution in [3.63, 3.8) is 0 Å². The van der Waals surface area contributed by atoms with Gasteiger partial charge in [0.2, 0.25) is 0 Å². The van der Waals surface area contributed by atoms with E-state index >= 15 is 0 Å². The molecule has 8 atom stereocenters. The van der Waals surface area contributed by atoms with Gasteiger partial charge in [-0.2, -0.15) is 0 Å². The zero-order valence-electron chi connectivity index (χ0n) is 18.4. The van der Waals surface area contributed by atoms with Crippen LogP contribution in [0.4, 0.5) is 0 Å². The van der Waals surface area contributed by atoms with Gasteiger partial charge >= 0.3 is 0 Å². The highest BCUT2D eigenvalue weighted by molar-refractivity contribution is 5.25. The monoisotopic (exact) mass is 378 g/mol. The Morgan fingerprint density at radius 2 is 1.14 bits per heavy atom. The molecule has 0 bridgehead atoms. The molecule has 154 valence electrons. The van der Waals surface area contributed by atoms with Crippen molar-refractivity contribution in [1.82, 2.24) is 0 Å². The molecule has 0 spiro atoms. The molecule has 5 rings (SSSR count). The molecule has 0 radical (unpaired) electrons. The van der Waals surface area contributed by atoms with E-state index in [0.29, 0.717) is 0 Å². The third-order valence-corrected chi connectivity index (χ3v) is 9.97. The first-order chi connectivity index (χ1) is 13.7. The summed E-state index contributed by atoms with van der Waals surface area (Å²) >= 11 is 0. The summed E-state index contributed by atoms with van der Waals surface area (Å²) in [6.07, 6.45) is 17.8. The molecule has 28 heavy (non-hydrogen) atoms. The van der Waals surface area contributed by atoms with Crippen molar-refractivity contribution in [2.45, 2.75) is 90.9 Å². The molecular weight excluding hydrogens is 336 g/mol. The highest BCUT2D eigenvalue weighted by Crippen LogP contribution is 2.51. The standard InChI is InChI=1S/C28H42/c1-19-25(17-23-10-3-5-12-27(19)23)15-21-8-7-9-22(14-21)16-26-18-24-11-4-6-13-28(24)20(26)2/h7-9,14,19-20,23-28H,3-6,10-13,15-18H2,1-2H3. The summed E-state index contributed by atoms with van der Waals surface area (Å²) in [7, 11) is 0. The fraction of sp³-hybridized carbons (Fsp3) is 0.786. The summed E-state index contributed by atoms with van der Waals surface area (Å²) in [5.74, 6) is 7.99. The van der Waals surface area contributed by atoms with Crippen LogP contribution in [0.2, 0.25) is 0 Å². The molecule has 1 aromatic rings. The van der Waals surface area contributed by atoms with Crippen LogP contribution in [-0.2, 0) is 12.8 Å². The third-order valence-electron chi connectivity index (χ3n) is 9.97. The number of hydrogen-bond acceptors (Lipinski definition) is 0. The molecule has 0 amide bonds. The lowest BCUT2D eigenvalue weighted by Gasteiger charge is -2.28.